The monoisotopic (exact) mass is 432 g/mol. The average Bonchev–Trinajstić information content (AvgIpc) is 3.09. The van der Waals surface area contributed by atoms with E-state index in [1.807, 2.05) is 23.1 Å². The topological polar surface area (TPSA) is 97.1 Å². The summed E-state index contributed by atoms with van der Waals surface area (Å²) in [5.41, 5.74) is 2.10. The van der Waals surface area contributed by atoms with Crippen molar-refractivity contribution in [2.75, 3.05) is 51.3 Å². The molecular weight excluding hydrogens is 408 g/mol. The molecule has 2 aromatic carbocycles. The first-order valence-corrected chi connectivity index (χ1v) is 10.4. The number of benzene rings is 2. The molecule has 0 aromatic heterocycles. The lowest BCUT2D eigenvalue weighted by Gasteiger charge is -2.36. The molecule has 0 atom stereocenters. The van der Waals surface area contributed by atoms with Gasteiger partial charge >= 0.3 is 0 Å². The lowest BCUT2D eigenvalue weighted by atomic mass is 10.0. The van der Waals surface area contributed by atoms with Gasteiger partial charge in [0.25, 0.3) is 11.8 Å². The van der Waals surface area contributed by atoms with Crippen LogP contribution in [-0.4, -0.2) is 73.2 Å². The van der Waals surface area contributed by atoms with Crippen molar-refractivity contribution in [3.8, 4) is 11.8 Å². The van der Waals surface area contributed by atoms with Crippen LogP contribution in [0.2, 0.25) is 0 Å². The van der Waals surface area contributed by atoms with Crippen molar-refractivity contribution in [2.45, 2.75) is 0 Å². The zero-order chi connectivity index (χ0) is 22.7. The maximum Gasteiger partial charge on any atom is 0.282 e. The van der Waals surface area contributed by atoms with Crippen LogP contribution >= 0.6 is 0 Å². The summed E-state index contributed by atoms with van der Waals surface area (Å²) in [5, 5.41) is 18.3. The number of nitrogens with zero attached hydrogens (tertiary/aromatic N) is 4. The highest BCUT2D eigenvalue weighted by Gasteiger charge is 2.43. The molecule has 164 valence electrons. The maximum atomic E-state index is 13.6. The molecule has 32 heavy (non-hydrogen) atoms. The number of carbonyl (C=O) groups excluding carboxylic acids is 2. The van der Waals surface area contributed by atoms with Crippen LogP contribution < -0.4 is 9.64 Å². The SMILES string of the molecule is COc1ccccc1C1=C(N2CCN(CCO)CC2)C(=O)N(c2ccc(C#N)cc2)C1=O. The van der Waals surface area contributed by atoms with Gasteiger partial charge in [0.2, 0.25) is 0 Å². The van der Waals surface area contributed by atoms with Gasteiger partial charge in [-0.15, -0.1) is 0 Å². The van der Waals surface area contributed by atoms with Gasteiger partial charge in [0.1, 0.15) is 11.4 Å². The van der Waals surface area contributed by atoms with Crippen LogP contribution in [0.3, 0.4) is 0 Å². The molecule has 8 nitrogen and oxygen atoms in total. The molecule has 8 heteroatoms. The molecule has 0 spiro atoms. The Balaban J connectivity index is 1.77. The van der Waals surface area contributed by atoms with Gasteiger partial charge in [-0.3, -0.25) is 14.5 Å². The van der Waals surface area contributed by atoms with Crippen molar-refractivity contribution in [1.29, 1.82) is 5.26 Å². The van der Waals surface area contributed by atoms with Crippen molar-refractivity contribution in [3.05, 3.63) is 65.4 Å². The van der Waals surface area contributed by atoms with Gasteiger partial charge < -0.3 is 14.7 Å². The fourth-order valence-electron chi connectivity index (χ4n) is 4.16. The molecule has 0 unspecified atom stereocenters. The Hall–Kier alpha value is -3.67. The Morgan fingerprint density at radius 2 is 1.69 bits per heavy atom. The predicted octanol–water partition coefficient (Wildman–Crippen LogP) is 1.46. The fraction of sp³-hybridized carbons (Fsp3) is 0.292. The number of rotatable bonds is 6. The number of ether oxygens (including phenoxy) is 1. The number of anilines is 1. The average molecular weight is 432 g/mol. The van der Waals surface area contributed by atoms with E-state index in [-0.39, 0.29) is 6.61 Å². The molecule has 2 heterocycles. The third-order valence-electron chi connectivity index (χ3n) is 5.80. The lowest BCUT2D eigenvalue weighted by molar-refractivity contribution is -0.120. The second-order valence-electron chi connectivity index (χ2n) is 7.58. The van der Waals surface area contributed by atoms with Gasteiger partial charge in [-0.25, -0.2) is 4.90 Å². The van der Waals surface area contributed by atoms with Crippen LogP contribution in [0.4, 0.5) is 5.69 Å². The minimum atomic E-state index is -0.419. The van der Waals surface area contributed by atoms with E-state index in [0.717, 1.165) is 0 Å². The number of carbonyl (C=O) groups is 2. The summed E-state index contributed by atoms with van der Waals surface area (Å²) in [4.78, 5) is 32.5. The number of imide groups is 1. The fourth-order valence-corrected chi connectivity index (χ4v) is 4.16. The maximum absolute atomic E-state index is 13.6. The molecule has 2 aromatic rings. The molecule has 1 fully saturated rings. The number of amides is 2. The summed E-state index contributed by atoms with van der Waals surface area (Å²) in [6, 6.07) is 15.6. The van der Waals surface area contributed by atoms with E-state index in [4.69, 9.17) is 10.00 Å². The number of aliphatic hydroxyl groups excluding tert-OH is 1. The van der Waals surface area contributed by atoms with Gasteiger partial charge in [-0.1, -0.05) is 18.2 Å². The van der Waals surface area contributed by atoms with Crippen molar-refractivity contribution in [2.24, 2.45) is 0 Å². The van der Waals surface area contributed by atoms with Crippen molar-refractivity contribution in [1.82, 2.24) is 9.80 Å². The summed E-state index contributed by atoms with van der Waals surface area (Å²) < 4.78 is 5.49. The molecule has 2 aliphatic heterocycles. The first kappa shape index (κ1) is 21.6. The van der Waals surface area contributed by atoms with E-state index in [2.05, 4.69) is 4.90 Å². The normalized spacial score (nSPS) is 17.2. The lowest BCUT2D eigenvalue weighted by Crippen LogP contribution is -2.48. The van der Waals surface area contributed by atoms with Gasteiger partial charge in [0.05, 0.1) is 36.6 Å². The smallest absolute Gasteiger partial charge is 0.282 e. The molecule has 0 radical (unpaired) electrons. The van der Waals surface area contributed by atoms with Crippen LogP contribution in [-0.2, 0) is 9.59 Å². The highest BCUT2D eigenvalue weighted by atomic mass is 16.5. The van der Waals surface area contributed by atoms with Crippen LogP contribution in [0.15, 0.2) is 54.2 Å². The Kier molecular flexibility index (Phi) is 6.21. The van der Waals surface area contributed by atoms with Crippen molar-refractivity contribution >= 4 is 23.1 Å². The largest absolute Gasteiger partial charge is 0.496 e. The van der Waals surface area contributed by atoms with Gasteiger partial charge in [0.15, 0.2) is 0 Å². The molecular formula is C24H24N4O4. The Labute approximate surface area is 186 Å². The summed E-state index contributed by atoms with van der Waals surface area (Å²) in [5.74, 6) is -0.296. The van der Waals surface area contributed by atoms with Crippen LogP contribution in [0.1, 0.15) is 11.1 Å². The number of aliphatic hydroxyl groups is 1. The van der Waals surface area contributed by atoms with E-state index >= 15 is 0 Å². The number of β-amino-alcohol motifs (C(OH)–C–C–N with tert-alkyl or cyclic N) is 1. The Morgan fingerprint density at radius 1 is 1.00 bits per heavy atom. The summed E-state index contributed by atoms with van der Waals surface area (Å²) in [6.07, 6.45) is 0. The molecule has 2 amide bonds. The van der Waals surface area contributed by atoms with E-state index in [0.29, 0.717) is 66.6 Å². The molecule has 0 aliphatic carbocycles. The molecule has 2 aliphatic rings. The summed E-state index contributed by atoms with van der Waals surface area (Å²) in [7, 11) is 1.53. The highest BCUT2D eigenvalue weighted by Crippen LogP contribution is 2.38. The summed E-state index contributed by atoms with van der Waals surface area (Å²) in [6.45, 7) is 3.15. The Morgan fingerprint density at radius 3 is 2.31 bits per heavy atom. The minimum absolute atomic E-state index is 0.0824. The molecule has 0 bridgehead atoms. The number of methoxy groups -OCH3 is 1. The van der Waals surface area contributed by atoms with E-state index in [9.17, 15) is 14.7 Å². The first-order valence-electron chi connectivity index (χ1n) is 10.4. The van der Waals surface area contributed by atoms with E-state index in [1.165, 1.54) is 12.0 Å². The van der Waals surface area contributed by atoms with Crippen LogP contribution in [0.5, 0.6) is 5.75 Å². The number of nitriles is 1. The third kappa shape index (κ3) is 3.84. The summed E-state index contributed by atoms with van der Waals surface area (Å²) >= 11 is 0. The standard InChI is InChI=1S/C24H24N4O4/c1-32-20-5-3-2-4-19(20)21-22(27-12-10-26(11-13-27)14-15-29)24(31)28(23(21)30)18-8-6-17(16-25)7-9-18/h2-9,29H,10-15H2,1H3. The van der Waals surface area contributed by atoms with E-state index in [1.54, 1.807) is 36.4 Å². The molecule has 1 N–H and O–H groups in total. The predicted molar refractivity (Wildman–Crippen MR) is 119 cm³/mol. The Bertz CT molecular complexity index is 1100. The number of para-hydroxylation sites is 1. The molecule has 0 saturated carbocycles. The molecule has 1 saturated heterocycles. The number of hydrogen-bond acceptors (Lipinski definition) is 7. The zero-order valence-corrected chi connectivity index (χ0v) is 17.8. The van der Waals surface area contributed by atoms with Crippen molar-refractivity contribution < 1.29 is 19.4 Å². The van der Waals surface area contributed by atoms with E-state index < -0.39 is 11.8 Å². The third-order valence-corrected chi connectivity index (χ3v) is 5.80. The van der Waals surface area contributed by atoms with Crippen LogP contribution in [0, 0.1) is 11.3 Å². The first-order chi connectivity index (χ1) is 15.6. The second-order valence-corrected chi connectivity index (χ2v) is 7.58. The number of hydrogen-bond donors (Lipinski definition) is 1. The van der Waals surface area contributed by atoms with Crippen LogP contribution in [0.25, 0.3) is 5.57 Å². The van der Waals surface area contributed by atoms with Gasteiger partial charge in [-0.05, 0) is 30.3 Å². The highest BCUT2D eigenvalue weighted by molar-refractivity contribution is 6.45. The van der Waals surface area contributed by atoms with Crippen molar-refractivity contribution in [3.63, 3.8) is 0 Å². The van der Waals surface area contributed by atoms with Gasteiger partial charge in [-0.2, -0.15) is 5.26 Å². The quantitative estimate of drug-likeness (QED) is 0.691. The van der Waals surface area contributed by atoms with Gasteiger partial charge in [0, 0.05) is 38.3 Å². The number of piperazine rings is 1. The molecule has 4 rings (SSSR count). The minimum Gasteiger partial charge on any atom is -0.496 e. The zero-order valence-electron chi connectivity index (χ0n) is 17.8. The second kappa shape index (κ2) is 9.22.